The van der Waals surface area contributed by atoms with Crippen LogP contribution in [-0.4, -0.2) is 15.0 Å². The summed E-state index contributed by atoms with van der Waals surface area (Å²) in [6.07, 6.45) is 7.22. The van der Waals surface area contributed by atoms with Crippen LogP contribution in [0.15, 0.2) is 30.9 Å². The highest BCUT2D eigenvalue weighted by Gasteiger charge is 1.99. The average Bonchev–Trinajstić information content (AvgIpc) is 2.30. The summed E-state index contributed by atoms with van der Waals surface area (Å²) in [5.41, 5.74) is 2.37. The molecule has 0 aliphatic carbocycles. The van der Waals surface area contributed by atoms with E-state index in [0.29, 0.717) is 12.5 Å². The van der Waals surface area contributed by atoms with Gasteiger partial charge in [0.1, 0.15) is 0 Å². The summed E-state index contributed by atoms with van der Waals surface area (Å²) in [6.45, 7) is 2.76. The van der Waals surface area contributed by atoms with E-state index < -0.39 is 0 Å². The van der Waals surface area contributed by atoms with Crippen LogP contribution in [0.4, 0.5) is 5.95 Å². The molecule has 4 nitrogen and oxygen atoms in total. The van der Waals surface area contributed by atoms with Gasteiger partial charge in [0.15, 0.2) is 0 Å². The third-order valence-corrected chi connectivity index (χ3v) is 2.76. The van der Waals surface area contributed by atoms with Gasteiger partial charge in [-0.3, -0.25) is 4.98 Å². The Kier molecular flexibility index (Phi) is 3.66. The smallest absolute Gasteiger partial charge is 0.222 e. The molecule has 0 bridgehead atoms. The van der Waals surface area contributed by atoms with Gasteiger partial charge >= 0.3 is 0 Å². The van der Waals surface area contributed by atoms with Crippen molar-refractivity contribution in [2.75, 3.05) is 5.32 Å². The van der Waals surface area contributed by atoms with Crippen molar-refractivity contribution in [1.82, 2.24) is 15.0 Å². The Balaban J connectivity index is 2.02. The Morgan fingerprint density at radius 1 is 1.25 bits per heavy atom. The van der Waals surface area contributed by atoms with Crippen molar-refractivity contribution in [3.05, 3.63) is 45.6 Å². The molecule has 0 radical (unpaired) electrons. The summed E-state index contributed by atoms with van der Waals surface area (Å²) >= 11 is 2.18. The van der Waals surface area contributed by atoms with E-state index in [0.717, 1.165) is 9.13 Å². The van der Waals surface area contributed by atoms with Crippen molar-refractivity contribution in [2.45, 2.75) is 13.5 Å². The first-order valence-corrected chi connectivity index (χ1v) is 5.94. The standard InChI is InChI=1S/C11H11IN4/c1-8-2-3-13-4-9(8)5-14-11-15-6-10(12)7-16-11/h2-4,6-7H,5H2,1H3,(H,14,15,16). The van der Waals surface area contributed by atoms with Crippen LogP contribution in [0.25, 0.3) is 0 Å². The van der Waals surface area contributed by atoms with E-state index in [2.05, 4.69) is 49.8 Å². The maximum absolute atomic E-state index is 4.17. The monoisotopic (exact) mass is 326 g/mol. The number of nitrogens with zero attached hydrogens (tertiary/aromatic N) is 3. The number of pyridine rings is 1. The van der Waals surface area contributed by atoms with Gasteiger partial charge in [-0.15, -0.1) is 0 Å². The van der Waals surface area contributed by atoms with Crippen molar-refractivity contribution >= 4 is 28.5 Å². The van der Waals surface area contributed by atoms with Gasteiger partial charge in [-0.2, -0.15) is 0 Å². The zero-order valence-corrected chi connectivity index (χ0v) is 11.0. The first-order valence-electron chi connectivity index (χ1n) is 4.86. The molecule has 0 aliphatic rings. The summed E-state index contributed by atoms with van der Waals surface area (Å²) in [5, 5.41) is 3.16. The largest absolute Gasteiger partial charge is 0.350 e. The van der Waals surface area contributed by atoms with Crippen LogP contribution in [-0.2, 0) is 6.54 Å². The zero-order chi connectivity index (χ0) is 11.4. The summed E-state index contributed by atoms with van der Waals surface area (Å²) in [6, 6.07) is 1.99. The Morgan fingerprint density at radius 3 is 2.69 bits per heavy atom. The van der Waals surface area contributed by atoms with Crippen molar-refractivity contribution in [3.8, 4) is 0 Å². The van der Waals surface area contributed by atoms with Gasteiger partial charge in [0, 0.05) is 34.9 Å². The van der Waals surface area contributed by atoms with Gasteiger partial charge in [0.2, 0.25) is 5.95 Å². The van der Waals surface area contributed by atoms with Crippen LogP contribution >= 0.6 is 22.6 Å². The van der Waals surface area contributed by atoms with Crippen molar-refractivity contribution < 1.29 is 0 Å². The summed E-state index contributed by atoms with van der Waals surface area (Å²) in [5.74, 6) is 0.642. The van der Waals surface area contributed by atoms with Crippen LogP contribution in [0.3, 0.4) is 0 Å². The quantitative estimate of drug-likeness (QED) is 0.880. The van der Waals surface area contributed by atoms with E-state index >= 15 is 0 Å². The van der Waals surface area contributed by atoms with Crippen LogP contribution in [0.2, 0.25) is 0 Å². The number of rotatable bonds is 3. The van der Waals surface area contributed by atoms with Gasteiger partial charge in [0.25, 0.3) is 0 Å². The average molecular weight is 326 g/mol. The van der Waals surface area contributed by atoms with E-state index in [9.17, 15) is 0 Å². The van der Waals surface area contributed by atoms with E-state index in [-0.39, 0.29) is 0 Å². The molecule has 0 saturated carbocycles. The Labute approximate surface area is 108 Å². The molecule has 0 unspecified atom stereocenters. The lowest BCUT2D eigenvalue weighted by molar-refractivity contribution is 1.02. The molecule has 16 heavy (non-hydrogen) atoms. The Hall–Kier alpha value is -1.24. The molecule has 82 valence electrons. The zero-order valence-electron chi connectivity index (χ0n) is 8.81. The van der Waals surface area contributed by atoms with Gasteiger partial charge in [-0.05, 0) is 46.7 Å². The number of hydrogen-bond acceptors (Lipinski definition) is 4. The fourth-order valence-electron chi connectivity index (χ4n) is 1.26. The fraction of sp³-hybridized carbons (Fsp3) is 0.182. The maximum Gasteiger partial charge on any atom is 0.222 e. The number of aryl methyl sites for hydroxylation is 1. The highest BCUT2D eigenvalue weighted by atomic mass is 127. The minimum absolute atomic E-state index is 0.642. The first kappa shape index (κ1) is 11.3. The lowest BCUT2D eigenvalue weighted by Crippen LogP contribution is -2.05. The van der Waals surface area contributed by atoms with Gasteiger partial charge in [-0.25, -0.2) is 9.97 Å². The molecule has 5 heteroatoms. The minimum atomic E-state index is 0.642. The van der Waals surface area contributed by atoms with Crippen LogP contribution in [0, 0.1) is 10.5 Å². The molecule has 0 aliphatic heterocycles. The number of anilines is 1. The van der Waals surface area contributed by atoms with E-state index in [1.807, 2.05) is 12.3 Å². The topological polar surface area (TPSA) is 50.7 Å². The van der Waals surface area contributed by atoms with Gasteiger partial charge < -0.3 is 5.32 Å². The summed E-state index contributed by atoms with van der Waals surface area (Å²) in [4.78, 5) is 12.4. The predicted molar refractivity (Wildman–Crippen MR) is 71.0 cm³/mol. The Morgan fingerprint density at radius 2 is 2.00 bits per heavy atom. The molecule has 0 spiro atoms. The molecule has 0 atom stereocenters. The molecule has 2 aromatic rings. The number of halogens is 1. The molecule has 2 rings (SSSR count). The molecular formula is C11H11IN4. The lowest BCUT2D eigenvalue weighted by atomic mass is 10.2. The van der Waals surface area contributed by atoms with Crippen molar-refractivity contribution in [2.24, 2.45) is 0 Å². The van der Waals surface area contributed by atoms with Gasteiger partial charge in [-0.1, -0.05) is 0 Å². The molecule has 0 amide bonds. The van der Waals surface area contributed by atoms with Crippen molar-refractivity contribution in [3.63, 3.8) is 0 Å². The summed E-state index contributed by atoms with van der Waals surface area (Å²) < 4.78 is 1.03. The molecule has 2 aromatic heterocycles. The van der Waals surface area contributed by atoms with Crippen molar-refractivity contribution in [1.29, 1.82) is 0 Å². The van der Waals surface area contributed by atoms with Crippen LogP contribution in [0.1, 0.15) is 11.1 Å². The second kappa shape index (κ2) is 5.20. The third kappa shape index (κ3) is 2.88. The molecule has 2 heterocycles. The third-order valence-electron chi connectivity index (χ3n) is 2.20. The highest BCUT2D eigenvalue weighted by molar-refractivity contribution is 14.1. The predicted octanol–water partition coefficient (Wildman–Crippen LogP) is 2.40. The fourth-order valence-corrected chi connectivity index (χ4v) is 1.54. The van der Waals surface area contributed by atoms with E-state index in [4.69, 9.17) is 0 Å². The highest BCUT2D eigenvalue weighted by Crippen LogP contribution is 2.08. The molecule has 0 fully saturated rings. The molecular weight excluding hydrogens is 315 g/mol. The van der Waals surface area contributed by atoms with Crippen LogP contribution in [0.5, 0.6) is 0 Å². The molecule has 0 aromatic carbocycles. The number of hydrogen-bond donors (Lipinski definition) is 1. The van der Waals surface area contributed by atoms with Gasteiger partial charge in [0.05, 0.1) is 0 Å². The normalized spacial score (nSPS) is 10.1. The Bertz CT molecular complexity index is 470. The second-order valence-corrected chi connectivity index (χ2v) is 4.63. The molecule has 0 saturated heterocycles. The lowest BCUT2D eigenvalue weighted by Gasteiger charge is -2.06. The first-order chi connectivity index (χ1) is 7.75. The van der Waals surface area contributed by atoms with E-state index in [1.165, 1.54) is 5.56 Å². The number of nitrogens with one attached hydrogen (secondary N) is 1. The van der Waals surface area contributed by atoms with E-state index in [1.54, 1.807) is 18.6 Å². The second-order valence-electron chi connectivity index (χ2n) is 3.38. The number of aromatic nitrogens is 3. The summed E-state index contributed by atoms with van der Waals surface area (Å²) in [7, 11) is 0. The maximum atomic E-state index is 4.17. The van der Waals surface area contributed by atoms with Crippen LogP contribution < -0.4 is 5.32 Å². The minimum Gasteiger partial charge on any atom is -0.350 e. The SMILES string of the molecule is Cc1ccncc1CNc1ncc(I)cn1. The molecule has 1 N–H and O–H groups in total.